The van der Waals surface area contributed by atoms with Crippen LogP contribution in [0.5, 0.6) is 0 Å². The first kappa shape index (κ1) is 10.1. The summed E-state index contributed by atoms with van der Waals surface area (Å²) in [6.07, 6.45) is 3.04. The molecule has 0 saturated carbocycles. The van der Waals surface area contributed by atoms with E-state index in [1.54, 1.807) is 0 Å². The van der Waals surface area contributed by atoms with Gasteiger partial charge in [-0.25, -0.2) is 0 Å². The molecule has 0 aromatic carbocycles. The Labute approximate surface area is 68.8 Å². The molecule has 0 aliphatic rings. The zero-order chi connectivity index (χ0) is 8.36. The van der Waals surface area contributed by atoms with Gasteiger partial charge in [-0.05, 0) is 6.42 Å². The SMILES string of the molecule is [CH]C#CCCC#CCCCO. The number of rotatable bonds is 3. The lowest BCUT2D eigenvalue weighted by molar-refractivity contribution is 0.290. The molecular weight excluding hydrogens is 136 g/mol. The van der Waals surface area contributed by atoms with Gasteiger partial charge in [0.25, 0.3) is 0 Å². The molecule has 0 amide bonds. The first-order valence-electron chi connectivity index (χ1n) is 3.67. The van der Waals surface area contributed by atoms with E-state index in [1.165, 1.54) is 0 Å². The summed E-state index contributed by atoms with van der Waals surface area (Å²) in [4.78, 5) is 0. The Morgan fingerprint density at radius 3 is 2.27 bits per heavy atom. The molecule has 2 radical (unpaired) electrons. The number of aliphatic hydroxyl groups excluding tert-OH is 1. The van der Waals surface area contributed by atoms with E-state index in [-0.39, 0.29) is 6.61 Å². The van der Waals surface area contributed by atoms with Gasteiger partial charge in [-0.1, -0.05) is 5.92 Å². The molecule has 1 N–H and O–H groups in total. The topological polar surface area (TPSA) is 20.2 Å². The van der Waals surface area contributed by atoms with Crippen molar-refractivity contribution in [2.75, 3.05) is 6.61 Å². The second-order valence-corrected chi connectivity index (χ2v) is 2.00. The zero-order valence-electron chi connectivity index (χ0n) is 6.56. The summed E-state index contributed by atoms with van der Waals surface area (Å²) in [5.41, 5.74) is 0. The lowest BCUT2D eigenvalue weighted by atomic mass is 10.3. The molecule has 58 valence electrons. The third kappa shape index (κ3) is 9.08. The molecule has 0 spiro atoms. The predicted molar refractivity (Wildman–Crippen MR) is 45.4 cm³/mol. The smallest absolute Gasteiger partial charge is 0.0503 e. The van der Waals surface area contributed by atoms with Crippen LogP contribution in [-0.2, 0) is 0 Å². The lowest BCUT2D eigenvalue weighted by Gasteiger charge is -1.83. The molecule has 0 unspecified atom stereocenters. The van der Waals surface area contributed by atoms with Crippen molar-refractivity contribution in [3.63, 3.8) is 0 Å². The molecule has 1 nitrogen and oxygen atoms in total. The summed E-state index contributed by atoms with van der Waals surface area (Å²) in [5, 5.41) is 8.40. The molecule has 0 aromatic rings. The molecule has 1 heteroatoms. The lowest BCUT2D eigenvalue weighted by Crippen LogP contribution is -1.78. The van der Waals surface area contributed by atoms with Crippen molar-refractivity contribution in [3.8, 4) is 23.7 Å². The Hall–Kier alpha value is -0.920. The second kappa shape index (κ2) is 9.08. The molecule has 0 rings (SSSR count). The van der Waals surface area contributed by atoms with Crippen LogP contribution in [0.25, 0.3) is 0 Å². The minimum Gasteiger partial charge on any atom is -0.396 e. The molecule has 0 aliphatic carbocycles. The van der Waals surface area contributed by atoms with E-state index in [1.807, 2.05) is 0 Å². The maximum Gasteiger partial charge on any atom is 0.0503 e. The fourth-order valence-corrected chi connectivity index (χ4v) is 0.541. The van der Waals surface area contributed by atoms with Gasteiger partial charge in [0.2, 0.25) is 0 Å². The second-order valence-electron chi connectivity index (χ2n) is 2.00. The molecule has 0 bridgehead atoms. The van der Waals surface area contributed by atoms with E-state index >= 15 is 0 Å². The highest BCUT2D eigenvalue weighted by Crippen LogP contribution is 1.86. The monoisotopic (exact) mass is 148 g/mol. The Morgan fingerprint density at radius 2 is 1.64 bits per heavy atom. The summed E-state index contributed by atoms with van der Waals surface area (Å²) in [6.45, 7) is 5.17. The van der Waals surface area contributed by atoms with E-state index in [0.29, 0.717) is 0 Å². The maximum absolute atomic E-state index is 8.40. The van der Waals surface area contributed by atoms with E-state index in [4.69, 9.17) is 12.0 Å². The van der Waals surface area contributed by atoms with Crippen molar-refractivity contribution in [1.29, 1.82) is 0 Å². The van der Waals surface area contributed by atoms with Crippen molar-refractivity contribution in [2.45, 2.75) is 25.7 Å². The van der Waals surface area contributed by atoms with E-state index in [9.17, 15) is 0 Å². The van der Waals surface area contributed by atoms with Crippen molar-refractivity contribution < 1.29 is 5.11 Å². The van der Waals surface area contributed by atoms with Crippen molar-refractivity contribution in [1.82, 2.24) is 0 Å². The summed E-state index contributed by atoms with van der Waals surface area (Å²) >= 11 is 0. The van der Waals surface area contributed by atoms with Gasteiger partial charge in [0.05, 0.1) is 6.92 Å². The van der Waals surface area contributed by atoms with Crippen LogP contribution in [0.4, 0.5) is 0 Å². The van der Waals surface area contributed by atoms with Crippen LogP contribution >= 0.6 is 0 Å². The zero-order valence-corrected chi connectivity index (χ0v) is 6.56. The van der Waals surface area contributed by atoms with Crippen LogP contribution < -0.4 is 0 Å². The van der Waals surface area contributed by atoms with E-state index in [2.05, 4.69) is 23.7 Å². The first-order chi connectivity index (χ1) is 5.41. The fourth-order valence-electron chi connectivity index (χ4n) is 0.541. The largest absolute Gasteiger partial charge is 0.396 e. The van der Waals surface area contributed by atoms with Crippen molar-refractivity contribution >= 4 is 0 Å². The van der Waals surface area contributed by atoms with Crippen molar-refractivity contribution in [3.05, 3.63) is 6.92 Å². The quantitative estimate of drug-likeness (QED) is 0.472. The van der Waals surface area contributed by atoms with Crippen LogP contribution in [0.2, 0.25) is 0 Å². The van der Waals surface area contributed by atoms with Crippen LogP contribution in [0, 0.1) is 30.6 Å². The van der Waals surface area contributed by atoms with E-state index < -0.39 is 0 Å². The third-order valence-corrected chi connectivity index (χ3v) is 1.06. The number of hydrogen-bond donors (Lipinski definition) is 1. The van der Waals surface area contributed by atoms with Crippen LogP contribution in [0.3, 0.4) is 0 Å². The molecule has 0 fully saturated rings. The standard InChI is InChI=1S/C10H12O/c1-2-3-4-5-6-7-8-9-10-11/h1,11H,4-5,8-10H2. The number of hydrogen-bond acceptors (Lipinski definition) is 1. The van der Waals surface area contributed by atoms with Gasteiger partial charge in [-0.2, -0.15) is 0 Å². The first-order valence-corrected chi connectivity index (χ1v) is 3.67. The van der Waals surface area contributed by atoms with Gasteiger partial charge in [0.1, 0.15) is 0 Å². The molecular formula is C10H12O. The molecule has 0 aliphatic heterocycles. The molecule has 0 heterocycles. The van der Waals surface area contributed by atoms with Crippen LogP contribution in [0.15, 0.2) is 0 Å². The summed E-state index contributed by atoms with van der Waals surface area (Å²) in [6, 6.07) is 0. The van der Waals surface area contributed by atoms with Gasteiger partial charge < -0.3 is 5.11 Å². The van der Waals surface area contributed by atoms with Gasteiger partial charge in [-0.15, -0.1) is 17.8 Å². The molecule has 11 heavy (non-hydrogen) atoms. The molecule has 0 saturated heterocycles. The van der Waals surface area contributed by atoms with E-state index in [0.717, 1.165) is 25.7 Å². The van der Waals surface area contributed by atoms with Gasteiger partial charge >= 0.3 is 0 Å². The average Bonchev–Trinajstić information content (AvgIpc) is 2.03. The highest BCUT2D eigenvalue weighted by atomic mass is 16.2. The minimum absolute atomic E-state index is 0.220. The molecule has 0 aromatic heterocycles. The Morgan fingerprint density at radius 1 is 1.00 bits per heavy atom. The summed E-state index contributed by atoms with van der Waals surface area (Å²) < 4.78 is 0. The maximum atomic E-state index is 8.40. The normalized spacial score (nSPS) is 7.45. The predicted octanol–water partition coefficient (Wildman–Crippen LogP) is 1.26. The Bertz CT molecular complexity index is 184. The van der Waals surface area contributed by atoms with Gasteiger partial charge in [0.15, 0.2) is 0 Å². The Balaban J connectivity index is 3.16. The number of unbranched alkanes of at least 4 members (excludes halogenated alkanes) is 2. The van der Waals surface area contributed by atoms with Gasteiger partial charge in [-0.3, -0.25) is 0 Å². The van der Waals surface area contributed by atoms with Gasteiger partial charge in [0, 0.05) is 25.9 Å². The fraction of sp³-hybridized carbons (Fsp3) is 0.500. The summed E-state index contributed by atoms with van der Waals surface area (Å²) in [5.74, 6) is 10.9. The highest BCUT2D eigenvalue weighted by Gasteiger charge is 1.77. The Kier molecular flexibility index (Phi) is 8.32. The molecule has 0 atom stereocenters. The minimum atomic E-state index is 0.220. The summed E-state index contributed by atoms with van der Waals surface area (Å²) in [7, 11) is 0. The van der Waals surface area contributed by atoms with Crippen LogP contribution in [-0.4, -0.2) is 11.7 Å². The highest BCUT2D eigenvalue weighted by molar-refractivity contribution is 5.06. The van der Waals surface area contributed by atoms with Crippen LogP contribution in [0.1, 0.15) is 25.7 Å². The average molecular weight is 148 g/mol. The number of aliphatic hydroxyl groups is 1. The third-order valence-electron chi connectivity index (χ3n) is 1.06. The van der Waals surface area contributed by atoms with Crippen molar-refractivity contribution in [2.24, 2.45) is 0 Å².